The maximum absolute atomic E-state index is 4.37. The van der Waals surface area contributed by atoms with Gasteiger partial charge in [0.1, 0.15) is 17.2 Å². The number of aromatic nitrogens is 7. The molecule has 4 aromatic rings. The highest BCUT2D eigenvalue weighted by Crippen LogP contribution is 2.30. The third kappa shape index (κ3) is 2.44. The Balaban J connectivity index is 1.84. The molecule has 0 unspecified atom stereocenters. The topological polar surface area (TPSA) is 73.8 Å². The summed E-state index contributed by atoms with van der Waals surface area (Å²) < 4.78 is 3.77. The molecule has 0 fully saturated rings. The highest BCUT2D eigenvalue weighted by atomic mass is 32.2. The second kappa shape index (κ2) is 5.72. The largest absolute Gasteiger partial charge is 0.274 e. The lowest BCUT2D eigenvalue weighted by atomic mass is 10.2. The Hall–Kier alpha value is -2.74. The third-order valence-corrected chi connectivity index (χ3v) is 4.64. The molecule has 0 radical (unpaired) electrons. The van der Waals surface area contributed by atoms with Gasteiger partial charge in [-0.15, -0.1) is 10.2 Å². The summed E-state index contributed by atoms with van der Waals surface area (Å²) in [6.45, 7) is 5.97. The monoisotopic (exact) mass is 337 g/mol. The predicted molar refractivity (Wildman–Crippen MR) is 90.5 cm³/mol. The number of para-hydroxylation sites is 1. The van der Waals surface area contributed by atoms with E-state index in [1.54, 1.807) is 4.52 Å². The van der Waals surface area contributed by atoms with Gasteiger partial charge in [0.25, 0.3) is 5.78 Å². The van der Waals surface area contributed by atoms with E-state index >= 15 is 0 Å². The number of benzene rings is 1. The Morgan fingerprint density at radius 3 is 2.71 bits per heavy atom. The van der Waals surface area contributed by atoms with Crippen LogP contribution in [0.3, 0.4) is 0 Å². The predicted octanol–water partition coefficient (Wildman–Crippen LogP) is 2.78. The molecule has 0 saturated heterocycles. The van der Waals surface area contributed by atoms with Crippen molar-refractivity contribution in [3.8, 4) is 5.69 Å². The summed E-state index contributed by atoms with van der Waals surface area (Å²) in [6, 6.07) is 10.2. The van der Waals surface area contributed by atoms with Crippen LogP contribution in [-0.4, -0.2) is 34.3 Å². The molecular formula is C16H15N7S. The van der Waals surface area contributed by atoms with Gasteiger partial charge in [-0.2, -0.15) is 14.6 Å². The molecule has 3 heterocycles. The van der Waals surface area contributed by atoms with E-state index in [9.17, 15) is 0 Å². The lowest BCUT2D eigenvalue weighted by Gasteiger charge is -2.11. The van der Waals surface area contributed by atoms with Crippen LogP contribution in [0.25, 0.3) is 11.5 Å². The molecule has 3 aromatic heterocycles. The van der Waals surface area contributed by atoms with E-state index in [2.05, 4.69) is 48.9 Å². The molecule has 0 atom stereocenters. The minimum Gasteiger partial charge on any atom is -0.274 e. The second-order valence-corrected chi connectivity index (χ2v) is 6.45. The summed E-state index contributed by atoms with van der Waals surface area (Å²) in [4.78, 5) is 8.54. The van der Waals surface area contributed by atoms with Gasteiger partial charge in [0.05, 0.1) is 5.69 Å². The van der Waals surface area contributed by atoms with Crippen LogP contribution < -0.4 is 0 Å². The Labute approximate surface area is 142 Å². The fraction of sp³-hybridized carbons (Fsp3) is 0.188. The summed E-state index contributed by atoms with van der Waals surface area (Å²) >= 11 is 1.50. The zero-order valence-corrected chi connectivity index (χ0v) is 14.3. The van der Waals surface area contributed by atoms with Crippen LogP contribution in [0.2, 0.25) is 0 Å². The zero-order valence-electron chi connectivity index (χ0n) is 13.5. The van der Waals surface area contributed by atoms with Gasteiger partial charge in [0.2, 0.25) is 5.16 Å². The number of hydrogen-bond donors (Lipinski definition) is 0. The van der Waals surface area contributed by atoms with E-state index in [0.717, 1.165) is 27.4 Å². The van der Waals surface area contributed by atoms with Gasteiger partial charge in [-0.1, -0.05) is 18.2 Å². The Bertz CT molecular complexity index is 1030. The number of rotatable bonds is 3. The number of aryl methyl sites for hydroxylation is 3. The van der Waals surface area contributed by atoms with E-state index in [1.165, 1.54) is 23.7 Å². The molecular weight excluding hydrogens is 322 g/mol. The maximum atomic E-state index is 4.37. The van der Waals surface area contributed by atoms with Crippen LogP contribution in [0.5, 0.6) is 0 Å². The molecule has 0 bridgehead atoms. The molecule has 0 amide bonds. The van der Waals surface area contributed by atoms with Gasteiger partial charge >= 0.3 is 0 Å². The van der Waals surface area contributed by atoms with E-state index in [4.69, 9.17) is 0 Å². The molecule has 24 heavy (non-hydrogen) atoms. The molecule has 0 saturated carbocycles. The van der Waals surface area contributed by atoms with Crippen LogP contribution in [-0.2, 0) is 0 Å². The molecule has 0 aliphatic carbocycles. The van der Waals surface area contributed by atoms with Gasteiger partial charge in [0.15, 0.2) is 0 Å². The first-order chi connectivity index (χ1) is 11.6. The molecule has 0 N–H and O–H groups in total. The number of fused-ring (bicyclic) bond motifs is 1. The van der Waals surface area contributed by atoms with Crippen molar-refractivity contribution in [2.75, 3.05) is 0 Å². The van der Waals surface area contributed by atoms with E-state index in [1.807, 2.05) is 32.0 Å². The fourth-order valence-corrected chi connectivity index (χ4v) is 3.60. The van der Waals surface area contributed by atoms with Crippen LogP contribution in [0, 0.1) is 20.8 Å². The van der Waals surface area contributed by atoms with Crippen molar-refractivity contribution in [3.05, 3.63) is 53.7 Å². The van der Waals surface area contributed by atoms with Crippen LogP contribution in [0.1, 0.15) is 17.1 Å². The van der Waals surface area contributed by atoms with Crippen molar-refractivity contribution in [3.63, 3.8) is 0 Å². The summed E-state index contributed by atoms with van der Waals surface area (Å²) in [5, 5.41) is 14.5. The smallest absolute Gasteiger partial charge is 0.253 e. The average Bonchev–Trinajstić information content (AvgIpc) is 3.15. The molecule has 7 nitrogen and oxygen atoms in total. The SMILES string of the molecule is Cc1cc(Sc2nnc(C)n2-c2ccccc2C)n2ncnc2n1. The molecule has 0 spiro atoms. The van der Waals surface area contributed by atoms with Crippen LogP contribution >= 0.6 is 11.8 Å². The minimum atomic E-state index is 0.580. The first-order valence-electron chi connectivity index (χ1n) is 7.47. The maximum Gasteiger partial charge on any atom is 0.253 e. The molecule has 0 aliphatic heterocycles. The second-order valence-electron chi connectivity index (χ2n) is 5.46. The summed E-state index contributed by atoms with van der Waals surface area (Å²) in [5.41, 5.74) is 3.12. The van der Waals surface area contributed by atoms with E-state index in [0.29, 0.717) is 5.78 Å². The third-order valence-electron chi connectivity index (χ3n) is 3.69. The van der Waals surface area contributed by atoms with Crippen molar-refractivity contribution >= 4 is 17.5 Å². The summed E-state index contributed by atoms with van der Waals surface area (Å²) in [6.07, 6.45) is 1.50. The normalized spacial score (nSPS) is 11.3. The number of nitrogens with zero attached hydrogens (tertiary/aromatic N) is 7. The summed E-state index contributed by atoms with van der Waals surface area (Å²) in [7, 11) is 0. The standard InChI is InChI=1S/C16H15N7S/c1-10-6-4-5-7-13(10)22-12(3)20-21-16(22)24-14-8-11(2)19-15-17-9-18-23(14)15/h4-9H,1-3H3. The van der Waals surface area contributed by atoms with Crippen molar-refractivity contribution in [2.45, 2.75) is 31.0 Å². The molecule has 8 heteroatoms. The first kappa shape index (κ1) is 14.8. The Morgan fingerprint density at radius 1 is 1.04 bits per heavy atom. The van der Waals surface area contributed by atoms with Crippen LogP contribution in [0.4, 0.5) is 0 Å². The van der Waals surface area contributed by atoms with Crippen LogP contribution in [0.15, 0.2) is 46.8 Å². The minimum absolute atomic E-state index is 0.580. The van der Waals surface area contributed by atoms with Crippen molar-refractivity contribution in [2.24, 2.45) is 0 Å². The molecule has 120 valence electrons. The van der Waals surface area contributed by atoms with Crippen molar-refractivity contribution in [1.29, 1.82) is 0 Å². The zero-order chi connectivity index (χ0) is 16.7. The highest BCUT2D eigenvalue weighted by Gasteiger charge is 2.16. The molecule has 1 aromatic carbocycles. The molecule has 4 rings (SSSR count). The Morgan fingerprint density at radius 2 is 1.88 bits per heavy atom. The lowest BCUT2D eigenvalue weighted by Crippen LogP contribution is -2.03. The lowest BCUT2D eigenvalue weighted by molar-refractivity contribution is 0.817. The highest BCUT2D eigenvalue weighted by molar-refractivity contribution is 7.99. The van der Waals surface area contributed by atoms with Gasteiger partial charge in [0, 0.05) is 5.69 Å². The fourth-order valence-electron chi connectivity index (χ4n) is 2.56. The van der Waals surface area contributed by atoms with Gasteiger partial charge < -0.3 is 0 Å². The average molecular weight is 337 g/mol. The van der Waals surface area contributed by atoms with Gasteiger partial charge in [-0.3, -0.25) is 4.57 Å². The van der Waals surface area contributed by atoms with Crippen molar-refractivity contribution in [1.82, 2.24) is 34.3 Å². The number of hydrogen-bond acceptors (Lipinski definition) is 6. The molecule has 0 aliphatic rings. The van der Waals surface area contributed by atoms with E-state index < -0.39 is 0 Å². The summed E-state index contributed by atoms with van der Waals surface area (Å²) in [5.74, 6) is 1.42. The van der Waals surface area contributed by atoms with Crippen molar-refractivity contribution < 1.29 is 0 Å². The van der Waals surface area contributed by atoms with Gasteiger partial charge in [-0.25, -0.2) is 4.98 Å². The first-order valence-corrected chi connectivity index (χ1v) is 8.28. The van der Waals surface area contributed by atoms with Gasteiger partial charge in [-0.05, 0) is 50.2 Å². The Kier molecular flexibility index (Phi) is 3.53. The van der Waals surface area contributed by atoms with E-state index in [-0.39, 0.29) is 0 Å². The quantitative estimate of drug-likeness (QED) is 0.535.